The van der Waals surface area contributed by atoms with Crippen LogP contribution < -0.4 is 0 Å². The summed E-state index contributed by atoms with van der Waals surface area (Å²) in [5.74, 6) is -1.33. The van der Waals surface area contributed by atoms with E-state index >= 15 is 0 Å². The van der Waals surface area contributed by atoms with Gasteiger partial charge in [-0.15, -0.1) is 0 Å². The summed E-state index contributed by atoms with van der Waals surface area (Å²) in [6.45, 7) is 0. The van der Waals surface area contributed by atoms with E-state index in [9.17, 15) is 14.3 Å². The van der Waals surface area contributed by atoms with Crippen LogP contribution >= 0.6 is 0 Å². The lowest BCUT2D eigenvalue weighted by atomic mass is 9.94. The van der Waals surface area contributed by atoms with Crippen LogP contribution in [0.3, 0.4) is 0 Å². The minimum absolute atomic E-state index is 0.245. The molecule has 3 rings (SSSR count). The van der Waals surface area contributed by atoms with E-state index in [0.717, 1.165) is 5.39 Å². The second kappa shape index (κ2) is 4.78. The first-order valence-corrected chi connectivity index (χ1v) is 6.18. The molecular weight excluding hydrogens is 255 g/mol. The molecule has 0 aliphatic rings. The quantitative estimate of drug-likeness (QED) is 0.749. The summed E-state index contributed by atoms with van der Waals surface area (Å²) in [5.41, 5.74) is 1.53. The molecule has 0 amide bonds. The number of hydrogen-bond donors (Lipinski definition) is 1. The van der Waals surface area contributed by atoms with E-state index in [2.05, 4.69) is 0 Å². The van der Waals surface area contributed by atoms with Crippen LogP contribution in [-0.2, 0) is 0 Å². The molecule has 1 N–H and O–H groups in total. The Labute approximate surface area is 115 Å². The summed E-state index contributed by atoms with van der Waals surface area (Å²) in [7, 11) is 0. The van der Waals surface area contributed by atoms with Crippen molar-refractivity contribution in [3.8, 4) is 11.1 Å². The molecule has 0 aliphatic heterocycles. The average molecular weight is 266 g/mol. The van der Waals surface area contributed by atoms with Crippen LogP contribution in [0, 0.1) is 5.82 Å². The number of carboxylic acids is 1. The molecular formula is C17H11FO2. The minimum Gasteiger partial charge on any atom is -0.478 e. The molecule has 0 aliphatic carbocycles. The number of halogens is 1. The topological polar surface area (TPSA) is 37.3 Å². The van der Waals surface area contributed by atoms with Crippen molar-refractivity contribution < 1.29 is 14.3 Å². The fraction of sp³-hybridized carbons (Fsp3) is 0. The second-order valence-corrected chi connectivity index (χ2v) is 4.52. The Balaban J connectivity index is 2.33. The largest absolute Gasteiger partial charge is 0.478 e. The van der Waals surface area contributed by atoms with E-state index in [1.807, 2.05) is 24.3 Å². The standard InChI is InChI=1S/C17H11FO2/c18-13-8-5-12(6-9-13)15-10-7-11-3-1-2-4-14(11)16(15)17(19)20/h1-10H,(H,19,20). The van der Waals surface area contributed by atoms with E-state index < -0.39 is 5.97 Å². The first-order chi connectivity index (χ1) is 9.66. The summed E-state index contributed by atoms with van der Waals surface area (Å²) < 4.78 is 13.0. The molecule has 0 atom stereocenters. The van der Waals surface area contributed by atoms with Crippen molar-refractivity contribution in [2.45, 2.75) is 0 Å². The van der Waals surface area contributed by atoms with Gasteiger partial charge < -0.3 is 5.11 Å². The Morgan fingerprint density at radius 3 is 2.30 bits per heavy atom. The van der Waals surface area contributed by atoms with Gasteiger partial charge in [-0.05, 0) is 34.0 Å². The third-order valence-electron chi connectivity index (χ3n) is 3.30. The highest BCUT2D eigenvalue weighted by Crippen LogP contribution is 2.30. The highest BCUT2D eigenvalue weighted by molar-refractivity contribution is 6.09. The van der Waals surface area contributed by atoms with Gasteiger partial charge in [0.2, 0.25) is 0 Å². The normalized spacial score (nSPS) is 10.7. The number of hydrogen-bond acceptors (Lipinski definition) is 1. The Morgan fingerprint density at radius 2 is 1.60 bits per heavy atom. The summed E-state index contributed by atoms with van der Waals surface area (Å²) in [5, 5.41) is 11.1. The lowest BCUT2D eigenvalue weighted by molar-refractivity contribution is 0.0700. The molecule has 3 aromatic carbocycles. The van der Waals surface area contributed by atoms with E-state index in [1.165, 1.54) is 12.1 Å². The number of fused-ring (bicyclic) bond motifs is 1. The average Bonchev–Trinajstić information content (AvgIpc) is 2.46. The molecule has 0 radical (unpaired) electrons. The molecule has 0 saturated carbocycles. The van der Waals surface area contributed by atoms with Gasteiger partial charge in [-0.1, -0.05) is 48.5 Å². The van der Waals surface area contributed by atoms with Crippen molar-refractivity contribution >= 4 is 16.7 Å². The van der Waals surface area contributed by atoms with Crippen LogP contribution in [0.5, 0.6) is 0 Å². The van der Waals surface area contributed by atoms with Crippen molar-refractivity contribution in [1.29, 1.82) is 0 Å². The molecule has 98 valence electrons. The van der Waals surface area contributed by atoms with Crippen LogP contribution in [0.25, 0.3) is 21.9 Å². The zero-order valence-corrected chi connectivity index (χ0v) is 10.5. The van der Waals surface area contributed by atoms with Crippen LogP contribution in [0.15, 0.2) is 60.7 Å². The molecule has 0 unspecified atom stereocenters. The Hall–Kier alpha value is -2.68. The van der Waals surface area contributed by atoms with E-state index in [1.54, 1.807) is 24.3 Å². The molecule has 0 fully saturated rings. The molecule has 0 heterocycles. The van der Waals surface area contributed by atoms with Gasteiger partial charge in [0.1, 0.15) is 5.82 Å². The fourth-order valence-electron chi connectivity index (χ4n) is 2.37. The highest BCUT2D eigenvalue weighted by atomic mass is 19.1. The summed E-state index contributed by atoms with van der Waals surface area (Å²) in [4.78, 5) is 11.6. The minimum atomic E-state index is -0.985. The molecule has 0 bridgehead atoms. The lowest BCUT2D eigenvalue weighted by Crippen LogP contribution is -2.01. The van der Waals surface area contributed by atoms with Crippen molar-refractivity contribution in [3.05, 3.63) is 72.0 Å². The van der Waals surface area contributed by atoms with Gasteiger partial charge in [-0.3, -0.25) is 0 Å². The molecule has 0 spiro atoms. The van der Waals surface area contributed by atoms with Crippen LogP contribution in [0.4, 0.5) is 4.39 Å². The summed E-state index contributed by atoms with van der Waals surface area (Å²) in [6, 6.07) is 16.8. The maximum atomic E-state index is 13.0. The number of benzene rings is 3. The Kier molecular flexibility index (Phi) is 2.95. The van der Waals surface area contributed by atoms with Crippen molar-refractivity contribution in [2.75, 3.05) is 0 Å². The fourth-order valence-corrected chi connectivity index (χ4v) is 2.37. The van der Waals surface area contributed by atoms with Gasteiger partial charge in [0.05, 0.1) is 5.56 Å². The SMILES string of the molecule is O=C(O)c1c(-c2ccc(F)cc2)ccc2ccccc12. The summed E-state index contributed by atoms with van der Waals surface area (Å²) >= 11 is 0. The second-order valence-electron chi connectivity index (χ2n) is 4.52. The zero-order valence-electron chi connectivity index (χ0n) is 10.5. The predicted molar refractivity (Wildman–Crippen MR) is 76.3 cm³/mol. The maximum absolute atomic E-state index is 13.0. The molecule has 3 heteroatoms. The zero-order chi connectivity index (χ0) is 14.1. The lowest BCUT2D eigenvalue weighted by Gasteiger charge is -2.10. The van der Waals surface area contributed by atoms with Gasteiger partial charge in [-0.2, -0.15) is 0 Å². The first kappa shape index (κ1) is 12.4. The molecule has 0 saturated heterocycles. The van der Waals surface area contributed by atoms with Crippen LogP contribution in [-0.4, -0.2) is 11.1 Å². The third-order valence-corrected chi connectivity index (χ3v) is 3.30. The Morgan fingerprint density at radius 1 is 0.900 bits per heavy atom. The number of carboxylic acid groups (broad SMARTS) is 1. The maximum Gasteiger partial charge on any atom is 0.336 e. The van der Waals surface area contributed by atoms with Gasteiger partial charge in [0.15, 0.2) is 0 Å². The van der Waals surface area contributed by atoms with Crippen molar-refractivity contribution in [1.82, 2.24) is 0 Å². The number of carbonyl (C=O) groups is 1. The highest BCUT2D eigenvalue weighted by Gasteiger charge is 2.15. The number of aromatic carboxylic acids is 1. The third kappa shape index (κ3) is 2.03. The molecule has 3 aromatic rings. The van der Waals surface area contributed by atoms with E-state index in [0.29, 0.717) is 16.5 Å². The number of rotatable bonds is 2. The van der Waals surface area contributed by atoms with Gasteiger partial charge in [0, 0.05) is 0 Å². The first-order valence-electron chi connectivity index (χ1n) is 6.18. The van der Waals surface area contributed by atoms with E-state index in [-0.39, 0.29) is 11.4 Å². The molecule has 0 aromatic heterocycles. The molecule has 20 heavy (non-hydrogen) atoms. The van der Waals surface area contributed by atoms with Crippen LogP contribution in [0.1, 0.15) is 10.4 Å². The van der Waals surface area contributed by atoms with Crippen molar-refractivity contribution in [2.24, 2.45) is 0 Å². The van der Waals surface area contributed by atoms with Gasteiger partial charge >= 0.3 is 5.97 Å². The van der Waals surface area contributed by atoms with Gasteiger partial charge in [0.25, 0.3) is 0 Å². The van der Waals surface area contributed by atoms with Crippen LogP contribution in [0.2, 0.25) is 0 Å². The van der Waals surface area contributed by atoms with E-state index in [4.69, 9.17) is 0 Å². The predicted octanol–water partition coefficient (Wildman–Crippen LogP) is 4.34. The Bertz CT molecular complexity index is 792. The smallest absolute Gasteiger partial charge is 0.336 e. The molecule has 2 nitrogen and oxygen atoms in total. The van der Waals surface area contributed by atoms with Crippen molar-refractivity contribution in [3.63, 3.8) is 0 Å². The summed E-state index contributed by atoms with van der Waals surface area (Å²) in [6.07, 6.45) is 0. The van der Waals surface area contributed by atoms with Gasteiger partial charge in [-0.25, -0.2) is 9.18 Å². The monoisotopic (exact) mass is 266 g/mol.